The highest BCUT2D eigenvalue weighted by Crippen LogP contribution is 2.49. The van der Waals surface area contributed by atoms with Gasteiger partial charge in [-0.15, -0.1) is 0 Å². The Labute approximate surface area is 155 Å². The van der Waals surface area contributed by atoms with E-state index in [1.165, 1.54) is 65.6 Å². The predicted octanol–water partition coefficient (Wildman–Crippen LogP) is 7.27. The van der Waals surface area contributed by atoms with Crippen LogP contribution in [0.5, 0.6) is 0 Å². The van der Waals surface area contributed by atoms with Gasteiger partial charge in [-0.3, -0.25) is 0 Å². The van der Waals surface area contributed by atoms with Crippen LogP contribution < -0.4 is 0 Å². The molecule has 0 saturated heterocycles. The van der Waals surface area contributed by atoms with Crippen molar-refractivity contribution < 1.29 is 0 Å². The molecule has 0 bridgehead atoms. The molecule has 0 unspecified atom stereocenters. The topological polar surface area (TPSA) is 15.8 Å². The van der Waals surface area contributed by atoms with E-state index < -0.39 is 0 Å². The Morgan fingerprint density at radius 3 is 2.22 bits per heavy atom. The minimum atomic E-state index is 1.21. The van der Waals surface area contributed by atoms with E-state index in [2.05, 4.69) is 89.9 Å². The monoisotopic (exact) mass is 341 g/mol. The second-order valence-corrected chi connectivity index (χ2v) is 7.45. The number of aromatic nitrogens is 1. The van der Waals surface area contributed by atoms with Gasteiger partial charge in [0.05, 0.1) is 0 Å². The maximum atomic E-state index is 3.65. The zero-order valence-corrected chi connectivity index (χ0v) is 14.6. The standard InChI is InChI=1S/C26H15N/c1-2-7-17-15(5-1)11-13-19-18-8-3-6-16-12-14-22-26(23(16)18)25-20(24(17)19)9-4-10-21(25)27-22/h1-14,27H. The molecule has 6 aromatic rings. The number of aromatic amines is 1. The lowest BCUT2D eigenvalue weighted by molar-refractivity contribution is 1.55. The summed E-state index contributed by atoms with van der Waals surface area (Å²) >= 11 is 0. The minimum Gasteiger partial charge on any atom is -0.354 e. The van der Waals surface area contributed by atoms with E-state index >= 15 is 0 Å². The van der Waals surface area contributed by atoms with Crippen LogP contribution in [0.4, 0.5) is 0 Å². The van der Waals surface area contributed by atoms with Gasteiger partial charge in [0.15, 0.2) is 0 Å². The first-order valence-electron chi connectivity index (χ1n) is 9.39. The molecule has 27 heavy (non-hydrogen) atoms. The Bertz CT molecular complexity index is 1570. The molecule has 7 rings (SSSR count). The molecule has 1 nitrogen and oxygen atoms in total. The average molecular weight is 341 g/mol. The summed E-state index contributed by atoms with van der Waals surface area (Å²) in [5.41, 5.74) is 7.77. The van der Waals surface area contributed by atoms with Crippen molar-refractivity contribution >= 4 is 43.4 Å². The lowest BCUT2D eigenvalue weighted by Crippen LogP contribution is -1.88. The summed E-state index contributed by atoms with van der Waals surface area (Å²) in [5.74, 6) is 0. The highest BCUT2D eigenvalue weighted by Gasteiger charge is 2.23. The fourth-order valence-corrected chi connectivity index (χ4v) is 5.03. The van der Waals surface area contributed by atoms with E-state index in [4.69, 9.17) is 0 Å². The zero-order chi connectivity index (χ0) is 17.5. The SMILES string of the molecule is c1ccc2c3c(ccc2c1)-c1cccc2ccc4[nH]c5cccc-3c5c4c12. The summed E-state index contributed by atoms with van der Waals surface area (Å²) < 4.78 is 0. The summed E-state index contributed by atoms with van der Waals surface area (Å²) in [4.78, 5) is 3.65. The second kappa shape index (κ2) is 4.57. The fourth-order valence-electron chi connectivity index (χ4n) is 5.03. The van der Waals surface area contributed by atoms with Gasteiger partial charge in [0.1, 0.15) is 0 Å². The smallest absolute Gasteiger partial charge is 0.0471 e. The van der Waals surface area contributed by atoms with Gasteiger partial charge in [0, 0.05) is 21.8 Å². The van der Waals surface area contributed by atoms with Gasteiger partial charge < -0.3 is 4.98 Å². The summed E-state index contributed by atoms with van der Waals surface area (Å²) in [5, 5.41) is 7.98. The largest absolute Gasteiger partial charge is 0.354 e. The number of H-pyrrole nitrogens is 1. The summed E-state index contributed by atoms with van der Waals surface area (Å²) in [6.45, 7) is 0. The van der Waals surface area contributed by atoms with E-state index in [1.807, 2.05) is 0 Å². The van der Waals surface area contributed by atoms with Crippen molar-refractivity contribution in [3.8, 4) is 22.3 Å². The van der Waals surface area contributed by atoms with Crippen LogP contribution in [0.1, 0.15) is 0 Å². The zero-order valence-electron chi connectivity index (χ0n) is 14.6. The van der Waals surface area contributed by atoms with Crippen LogP contribution in [0, 0.1) is 0 Å². The molecule has 0 atom stereocenters. The van der Waals surface area contributed by atoms with Crippen molar-refractivity contribution in [1.29, 1.82) is 0 Å². The van der Waals surface area contributed by atoms with E-state index in [-0.39, 0.29) is 0 Å². The number of nitrogens with one attached hydrogen (secondary N) is 1. The number of fused-ring (bicyclic) bond motifs is 5. The van der Waals surface area contributed by atoms with Gasteiger partial charge >= 0.3 is 0 Å². The van der Waals surface area contributed by atoms with E-state index in [9.17, 15) is 0 Å². The molecule has 0 spiro atoms. The first-order chi connectivity index (χ1) is 13.4. The van der Waals surface area contributed by atoms with E-state index in [0.29, 0.717) is 0 Å². The highest BCUT2D eigenvalue weighted by molar-refractivity contribution is 6.31. The number of benzene rings is 5. The molecule has 1 aliphatic carbocycles. The highest BCUT2D eigenvalue weighted by atomic mass is 14.7. The maximum absolute atomic E-state index is 3.65. The van der Waals surface area contributed by atoms with Crippen molar-refractivity contribution in [3.63, 3.8) is 0 Å². The lowest BCUT2D eigenvalue weighted by atomic mass is 9.89. The van der Waals surface area contributed by atoms with Gasteiger partial charge in [0.25, 0.3) is 0 Å². The maximum Gasteiger partial charge on any atom is 0.0471 e. The number of rotatable bonds is 0. The Morgan fingerprint density at radius 1 is 0.444 bits per heavy atom. The van der Waals surface area contributed by atoms with Crippen molar-refractivity contribution in [3.05, 3.63) is 84.9 Å². The van der Waals surface area contributed by atoms with Crippen LogP contribution in [0.25, 0.3) is 65.6 Å². The van der Waals surface area contributed by atoms with Gasteiger partial charge in [-0.2, -0.15) is 0 Å². The molecular weight excluding hydrogens is 326 g/mol. The van der Waals surface area contributed by atoms with Crippen LogP contribution in [0.3, 0.4) is 0 Å². The lowest BCUT2D eigenvalue weighted by Gasteiger charge is -2.14. The molecular formula is C26H15N. The van der Waals surface area contributed by atoms with Crippen molar-refractivity contribution in [1.82, 2.24) is 4.98 Å². The Balaban J connectivity index is 1.90. The normalized spacial score (nSPS) is 12.4. The van der Waals surface area contributed by atoms with E-state index in [1.54, 1.807) is 0 Å². The van der Waals surface area contributed by atoms with Crippen LogP contribution in [-0.2, 0) is 0 Å². The average Bonchev–Trinajstić information content (AvgIpc) is 3.05. The first kappa shape index (κ1) is 13.6. The van der Waals surface area contributed by atoms with Gasteiger partial charge in [0.2, 0.25) is 0 Å². The Morgan fingerprint density at radius 2 is 1.22 bits per heavy atom. The third-order valence-corrected chi connectivity index (χ3v) is 6.12. The molecule has 0 saturated carbocycles. The van der Waals surface area contributed by atoms with Crippen molar-refractivity contribution in [2.24, 2.45) is 0 Å². The quantitative estimate of drug-likeness (QED) is 0.298. The molecule has 0 radical (unpaired) electrons. The van der Waals surface area contributed by atoms with E-state index in [0.717, 1.165) is 0 Å². The third kappa shape index (κ3) is 1.56. The molecule has 1 heteroatoms. The fraction of sp³-hybridized carbons (Fsp3) is 0. The van der Waals surface area contributed by atoms with Gasteiger partial charge in [-0.05, 0) is 55.9 Å². The molecule has 0 amide bonds. The molecule has 5 aromatic carbocycles. The van der Waals surface area contributed by atoms with Crippen molar-refractivity contribution in [2.75, 3.05) is 0 Å². The molecule has 124 valence electrons. The molecule has 1 N–H and O–H groups in total. The molecule has 0 aliphatic heterocycles. The number of hydrogen-bond donors (Lipinski definition) is 1. The number of hydrogen-bond acceptors (Lipinski definition) is 0. The Kier molecular flexibility index (Phi) is 2.30. The molecule has 1 heterocycles. The Hall–Kier alpha value is -3.58. The van der Waals surface area contributed by atoms with Crippen LogP contribution in [0.15, 0.2) is 84.9 Å². The van der Waals surface area contributed by atoms with Crippen LogP contribution in [0.2, 0.25) is 0 Å². The molecule has 0 fully saturated rings. The summed E-state index contributed by atoms with van der Waals surface area (Å²) in [6, 6.07) is 31.1. The van der Waals surface area contributed by atoms with Crippen LogP contribution >= 0.6 is 0 Å². The molecule has 1 aliphatic rings. The van der Waals surface area contributed by atoms with Gasteiger partial charge in [-0.1, -0.05) is 72.8 Å². The summed E-state index contributed by atoms with van der Waals surface area (Å²) in [6.07, 6.45) is 0. The molecule has 1 aromatic heterocycles. The first-order valence-corrected chi connectivity index (χ1v) is 9.39. The van der Waals surface area contributed by atoms with Gasteiger partial charge in [-0.25, -0.2) is 0 Å². The van der Waals surface area contributed by atoms with Crippen LogP contribution in [-0.4, -0.2) is 4.98 Å². The minimum absolute atomic E-state index is 1.21. The summed E-state index contributed by atoms with van der Waals surface area (Å²) in [7, 11) is 0. The second-order valence-electron chi connectivity index (χ2n) is 7.45. The third-order valence-electron chi connectivity index (χ3n) is 6.12. The van der Waals surface area contributed by atoms with Crippen molar-refractivity contribution in [2.45, 2.75) is 0 Å². The predicted molar refractivity (Wildman–Crippen MR) is 115 cm³/mol.